The van der Waals surface area contributed by atoms with Crippen molar-refractivity contribution in [3.05, 3.63) is 39.6 Å². The van der Waals surface area contributed by atoms with Gasteiger partial charge in [0.15, 0.2) is 0 Å². The van der Waals surface area contributed by atoms with Crippen LogP contribution in [0.25, 0.3) is 0 Å². The van der Waals surface area contributed by atoms with E-state index in [-0.39, 0.29) is 16.8 Å². The molecule has 17 heavy (non-hydrogen) atoms. The van der Waals surface area contributed by atoms with E-state index in [9.17, 15) is 10.1 Å². The summed E-state index contributed by atoms with van der Waals surface area (Å²) < 4.78 is 0. The van der Waals surface area contributed by atoms with Gasteiger partial charge in [-0.1, -0.05) is 0 Å². The van der Waals surface area contributed by atoms with Crippen LogP contribution in [0.1, 0.15) is 5.69 Å². The van der Waals surface area contributed by atoms with Gasteiger partial charge in [0, 0.05) is 6.20 Å². The van der Waals surface area contributed by atoms with Crippen LogP contribution in [-0.4, -0.2) is 25.1 Å². The molecule has 0 fully saturated rings. The van der Waals surface area contributed by atoms with Crippen LogP contribution in [0, 0.1) is 10.1 Å². The van der Waals surface area contributed by atoms with Crippen molar-refractivity contribution in [1.29, 1.82) is 0 Å². The SMILES string of the molecule is O=[N+]([O-])c1cnc(Cl)nc1NCc1ccn[nH]1. The number of nitrogens with one attached hydrogen (secondary N) is 2. The summed E-state index contributed by atoms with van der Waals surface area (Å²) in [6.07, 6.45) is 2.64. The van der Waals surface area contributed by atoms with E-state index in [0.717, 1.165) is 11.9 Å². The second-order valence-electron chi connectivity index (χ2n) is 3.07. The Kier molecular flexibility index (Phi) is 3.15. The minimum absolute atomic E-state index is 0.0530. The molecule has 0 amide bonds. The van der Waals surface area contributed by atoms with Crippen molar-refractivity contribution in [3.8, 4) is 0 Å². The summed E-state index contributed by atoms with van der Waals surface area (Å²) in [5.41, 5.74) is 0.544. The first-order valence-corrected chi connectivity index (χ1v) is 4.93. The predicted octanol–water partition coefficient (Wildman–Crippen LogP) is 1.37. The Morgan fingerprint density at radius 1 is 1.59 bits per heavy atom. The molecular weight excluding hydrogens is 248 g/mol. The normalized spacial score (nSPS) is 10.2. The highest BCUT2D eigenvalue weighted by Gasteiger charge is 2.16. The zero-order valence-corrected chi connectivity index (χ0v) is 9.18. The van der Waals surface area contributed by atoms with E-state index in [1.54, 1.807) is 12.3 Å². The zero-order chi connectivity index (χ0) is 12.3. The van der Waals surface area contributed by atoms with Crippen LogP contribution in [0.15, 0.2) is 18.5 Å². The molecule has 0 aliphatic rings. The maximum absolute atomic E-state index is 10.7. The predicted molar refractivity (Wildman–Crippen MR) is 59.6 cm³/mol. The van der Waals surface area contributed by atoms with E-state index in [1.807, 2.05) is 0 Å². The van der Waals surface area contributed by atoms with Gasteiger partial charge in [-0.05, 0) is 17.7 Å². The maximum Gasteiger partial charge on any atom is 0.329 e. The molecule has 9 heteroatoms. The molecule has 0 aromatic carbocycles. The fourth-order valence-electron chi connectivity index (χ4n) is 1.18. The number of hydrogen-bond donors (Lipinski definition) is 2. The van der Waals surface area contributed by atoms with Crippen LogP contribution in [0.2, 0.25) is 5.28 Å². The maximum atomic E-state index is 10.7. The first-order valence-electron chi connectivity index (χ1n) is 4.56. The molecule has 2 aromatic rings. The summed E-state index contributed by atoms with van der Waals surface area (Å²) in [5.74, 6) is 0.0737. The molecule has 0 saturated heterocycles. The van der Waals surface area contributed by atoms with Gasteiger partial charge in [-0.15, -0.1) is 0 Å². The lowest BCUT2D eigenvalue weighted by atomic mass is 10.4. The second-order valence-corrected chi connectivity index (χ2v) is 3.40. The lowest BCUT2D eigenvalue weighted by Crippen LogP contribution is -2.06. The van der Waals surface area contributed by atoms with Crippen molar-refractivity contribution in [2.24, 2.45) is 0 Å². The third-order valence-electron chi connectivity index (χ3n) is 1.94. The molecule has 0 saturated carbocycles. The molecule has 8 nitrogen and oxygen atoms in total. The molecule has 0 unspecified atom stereocenters. The third-order valence-corrected chi connectivity index (χ3v) is 2.12. The van der Waals surface area contributed by atoms with E-state index >= 15 is 0 Å². The number of halogens is 1. The highest BCUT2D eigenvalue weighted by atomic mass is 35.5. The van der Waals surface area contributed by atoms with Gasteiger partial charge >= 0.3 is 5.69 Å². The monoisotopic (exact) mass is 254 g/mol. The third kappa shape index (κ3) is 2.67. The average Bonchev–Trinajstić information content (AvgIpc) is 2.78. The smallest absolute Gasteiger partial charge is 0.329 e. The quantitative estimate of drug-likeness (QED) is 0.484. The molecule has 0 aliphatic carbocycles. The average molecular weight is 255 g/mol. The standard InChI is InChI=1S/C8H7ClN6O2/c9-8-11-4-6(15(16)17)7(13-8)10-3-5-1-2-12-14-5/h1-2,4H,3H2,(H,12,14)(H,10,11,13). The summed E-state index contributed by atoms with van der Waals surface area (Å²) in [6, 6.07) is 1.74. The molecule has 0 aliphatic heterocycles. The van der Waals surface area contributed by atoms with E-state index in [2.05, 4.69) is 25.5 Å². The van der Waals surface area contributed by atoms with Crippen molar-refractivity contribution in [3.63, 3.8) is 0 Å². The number of rotatable bonds is 4. The van der Waals surface area contributed by atoms with Gasteiger partial charge in [-0.2, -0.15) is 10.1 Å². The summed E-state index contributed by atoms with van der Waals surface area (Å²) in [4.78, 5) is 17.5. The highest BCUT2D eigenvalue weighted by molar-refractivity contribution is 6.28. The Balaban J connectivity index is 2.19. The Morgan fingerprint density at radius 2 is 2.41 bits per heavy atom. The largest absolute Gasteiger partial charge is 0.359 e. The summed E-state index contributed by atoms with van der Waals surface area (Å²) >= 11 is 5.58. The van der Waals surface area contributed by atoms with Gasteiger partial charge < -0.3 is 5.32 Å². The van der Waals surface area contributed by atoms with E-state index in [0.29, 0.717) is 6.54 Å². The number of aromatic nitrogens is 4. The van der Waals surface area contributed by atoms with Crippen molar-refractivity contribution < 1.29 is 4.92 Å². The van der Waals surface area contributed by atoms with E-state index < -0.39 is 4.92 Å². The molecule has 88 valence electrons. The van der Waals surface area contributed by atoms with Crippen LogP contribution in [0.3, 0.4) is 0 Å². The van der Waals surface area contributed by atoms with Crippen LogP contribution in [0.4, 0.5) is 11.5 Å². The lowest BCUT2D eigenvalue weighted by Gasteiger charge is -2.04. The Morgan fingerprint density at radius 3 is 3.06 bits per heavy atom. The number of nitro groups is 1. The van der Waals surface area contributed by atoms with Crippen LogP contribution >= 0.6 is 11.6 Å². The molecule has 0 atom stereocenters. The molecule has 0 bridgehead atoms. The minimum Gasteiger partial charge on any atom is -0.359 e. The number of hydrogen-bond acceptors (Lipinski definition) is 6. The van der Waals surface area contributed by atoms with Gasteiger partial charge in [-0.25, -0.2) is 4.98 Å². The van der Waals surface area contributed by atoms with Crippen molar-refractivity contribution in [1.82, 2.24) is 20.2 Å². The molecule has 2 rings (SSSR count). The van der Waals surface area contributed by atoms with Crippen molar-refractivity contribution in [2.45, 2.75) is 6.54 Å². The molecule has 2 aromatic heterocycles. The fraction of sp³-hybridized carbons (Fsp3) is 0.125. The number of aromatic amines is 1. The fourth-order valence-corrected chi connectivity index (χ4v) is 1.31. The molecule has 2 heterocycles. The molecule has 0 spiro atoms. The zero-order valence-electron chi connectivity index (χ0n) is 8.42. The van der Waals surface area contributed by atoms with Crippen LogP contribution in [0.5, 0.6) is 0 Å². The number of H-pyrrole nitrogens is 1. The minimum atomic E-state index is -0.578. The highest BCUT2D eigenvalue weighted by Crippen LogP contribution is 2.22. The Hall–Kier alpha value is -2.22. The van der Waals surface area contributed by atoms with Gasteiger partial charge in [0.1, 0.15) is 6.20 Å². The van der Waals surface area contributed by atoms with Gasteiger partial charge in [-0.3, -0.25) is 15.2 Å². The topological polar surface area (TPSA) is 110 Å². The van der Waals surface area contributed by atoms with Crippen molar-refractivity contribution in [2.75, 3.05) is 5.32 Å². The van der Waals surface area contributed by atoms with Gasteiger partial charge in [0.2, 0.25) is 11.1 Å². The van der Waals surface area contributed by atoms with E-state index in [1.165, 1.54) is 0 Å². The molecule has 2 N–H and O–H groups in total. The first kappa shape index (κ1) is 11.3. The molecular formula is C8H7ClN6O2. The first-order chi connectivity index (χ1) is 8.16. The Labute approximate surface area is 100 Å². The second kappa shape index (κ2) is 4.74. The lowest BCUT2D eigenvalue weighted by molar-refractivity contribution is -0.384. The van der Waals surface area contributed by atoms with E-state index in [4.69, 9.17) is 11.6 Å². The van der Waals surface area contributed by atoms with Crippen LogP contribution in [-0.2, 0) is 6.54 Å². The molecule has 0 radical (unpaired) electrons. The summed E-state index contributed by atoms with van der Waals surface area (Å²) in [7, 11) is 0. The van der Waals surface area contributed by atoms with Gasteiger partial charge in [0.05, 0.1) is 17.2 Å². The number of anilines is 1. The van der Waals surface area contributed by atoms with Gasteiger partial charge in [0.25, 0.3) is 0 Å². The Bertz CT molecular complexity index is 529. The summed E-state index contributed by atoms with van der Waals surface area (Å²) in [6.45, 7) is 0.328. The van der Waals surface area contributed by atoms with Crippen molar-refractivity contribution >= 4 is 23.1 Å². The summed E-state index contributed by atoms with van der Waals surface area (Å²) in [5, 5.41) is 19.9. The van der Waals surface area contributed by atoms with Crippen LogP contribution < -0.4 is 5.32 Å². The number of nitrogens with zero attached hydrogens (tertiary/aromatic N) is 4.